The first kappa shape index (κ1) is 21.7. The van der Waals surface area contributed by atoms with Crippen LogP contribution in [0.2, 0.25) is 10.0 Å². The number of carbonyl (C=O) groups is 1. The number of ether oxygens (including phenoxy) is 1. The molecule has 2 aromatic carbocycles. The van der Waals surface area contributed by atoms with Gasteiger partial charge in [0.2, 0.25) is 0 Å². The first-order chi connectivity index (χ1) is 14.9. The Balaban J connectivity index is 1.61. The maximum atomic E-state index is 13.1. The standard InChI is InChI=1S/C25H24Cl2N2O2/c1-16-3-6-20(7-4-16)31-17(2)21-14-29(25(30)18-9-11-28-12-10-18)15-22(21)19-5-8-23(26)24(27)13-19/h3-13,17,21-22H,14-15H2,1-2H3/t17-,21?,22+/m1/s1. The van der Waals surface area contributed by atoms with Gasteiger partial charge in [-0.05, 0) is 55.8 Å². The molecule has 1 unspecified atom stereocenters. The molecule has 3 atom stereocenters. The lowest BCUT2D eigenvalue weighted by Gasteiger charge is -2.26. The van der Waals surface area contributed by atoms with Crippen molar-refractivity contribution in [3.05, 3.63) is 93.7 Å². The Hall–Kier alpha value is -2.56. The minimum absolute atomic E-state index is 0.00232. The van der Waals surface area contributed by atoms with E-state index in [0.29, 0.717) is 28.7 Å². The molecule has 0 aliphatic carbocycles. The van der Waals surface area contributed by atoms with Crippen LogP contribution >= 0.6 is 23.2 Å². The molecule has 4 nitrogen and oxygen atoms in total. The molecule has 160 valence electrons. The zero-order valence-corrected chi connectivity index (χ0v) is 19.0. The van der Waals surface area contributed by atoms with E-state index in [2.05, 4.69) is 11.9 Å². The van der Waals surface area contributed by atoms with Gasteiger partial charge in [0.25, 0.3) is 5.91 Å². The summed E-state index contributed by atoms with van der Waals surface area (Å²) < 4.78 is 6.29. The topological polar surface area (TPSA) is 42.4 Å². The summed E-state index contributed by atoms with van der Waals surface area (Å²) in [7, 11) is 0. The second kappa shape index (κ2) is 9.29. The maximum absolute atomic E-state index is 13.1. The molecule has 0 bridgehead atoms. The fraction of sp³-hybridized carbons (Fsp3) is 0.280. The van der Waals surface area contributed by atoms with Crippen molar-refractivity contribution in [3.8, 4) is 5.75 Å². The number of amides is 1. The van der Waals surface area contributed by atoms with Crippen LogP contribution in [0.5, 0.6) is 5.75 Å². The molecule has 1 amide bonds. The minimum Gasteiger partial charge on any atom is -0.490 e. The van der Waals surface area contributed by atoms with Gasteiger partial charge < -0.3 is 9.64 Å². The molecule has 2 heterocycles. The minimum atomic E-state index is -0.0996. The Bertz CT molecular complexity index is 1060. The zero-order valence-electron chi connectivity index (χ0n) is 17.5. The summed E-state index contributed by atoms with van der Waals surface area (Å²) in [6.07, 6.45) is 3.18. The van der Waals surface area contributed by atoms with E-state index in [1.807, 2.05) is 54.3 Å². The first-order valence-electron chi connectivity index (χ1n) is 10.3. The third kappa shape index (κ3) is 4.86. The Kier molecular flexibility index (Phi) is 6.49. The zero-order chi connectivity index (χ0) is 22.0. The highest BCUT2D eigenvalue weighted by atomic mass is 35.5. The van der Waals surface area contributed by atoms with Crippen LogP contribution in [0.3, 0.4) is 0 Å². The molecule has 0 N–H and O–H groups in total. The van der Waals surface area contributed by atoms with Gasteiger partial charge in [-0.2, -0.15) is 0 Å². The molecular weight excluding hydrogens is 431 g/mol. The summed E-state index contributed by atoms with van der Waals surface area (Å²) in [5, 5.41) is 1.04. The third-order valence-electron chi connectivity index (χ3n) is 5.90. The summed E-state index contributed by atoms with van der Waals surface area (Å²) in [5.74, 6) is 1.01. The van der Waals surface area contributed by atoms with E-state index in [0.717, 1.165) is 11.3 Å². The monoisotopic (exact) mass is 454 g/mol. The molecule has 1 aromatic heterocycles. The Morgan fingerprint density at radius 3 is 2.42 bits per heavy atom. The molecule has 0 spiro atoms. The number of benzene rings is 2. The number of halogens is 2. The summed E-state index contributed by atoms with van der Waals surface area (Å²) >= 11 is 12.4. The summed E-state index contributed by atoms with van der Waals surface area (Å²) in [4.78, 5) is 19.0. The van der Waals surface area contributed by atoms with Gasteiger partial charge in [0, 0.05) is 42.9 Å². The van der Waals surface area contributed by atoms with Crippen molar-refractivity contribution in [2.45, 2.75) is 25.9 Å². The molecular formula is C25H24Cl2N2O2. The van der Waals surface area contributed by atoms with Crippen molar-refractivity contribution in [2.75, 3.05) is 13.1 Å². The normalized spacial score (nSPS) is 19.3. The van der Waals surface area contributed by atoms with Gasteiger partial charge in [-0.15, -0.1) is 0 Å². The van der Waals surface area contributed by atoms with Gasteiger partial charge in [0.1, 0.15) is 11.9 Å². The Morgan fingerprint density at radius 2 is 1.74 bits per heavy atom. The van der Waals surface area contributed by atoms with Gasteiger partial charge in [0.05, 0.1) is 10.0 Å². The maximum Gasteiger partial charge on any atom is 0.253 e. The average molecular weight is 455 g/mol. The number of aromatic nitrogens is 1. The van der Waals surface area contributed by atoms with Crippen LogP contribution in [0, 0.1) is 12.8 Å². The van der Waals surface area contributed by atoms with Gasteiger partial charge >= 0.3 is 0 Å². The van der Waals surface area contributed by atoms with Crippen LogP contribution in [0.15, 0.2) is 67.0 Å². The van der Waals surface area contributed by atoms with Crippen molar-refractivity contribution < 1.29 is 9.53 Å². The molecule has 1 aliphatic rings. The van der Waals surface area contributed by atoms with Crippen LogP contribution in [0.25, 0.3) is 0 Å². The number of pyridine rings is 1. The molecule has 0 saturated carbocycles. The van der Waals surface area contributed by atoms with Crippen LogP contribution in [-0.4, -0.2) is 35.0 Å². The first-order valence-corrected chi connectivity index (χ1v) is 11.1. The SMILES string of the molecule is Cc1ccc(O[C@H](C)C2CN(C(=O)c3ccncc3)C[C@H]2c2ccc(Cl)c(Cl)c2)cc1. The second-order valence-electron chi connectivity index (χ2n) is 8.03. The lowest BCUT2D eigenvalue weighted by Crippen LogP contribution is -2.32. The van der Waals surface area contributed by atoms with Crippen LogP contribution in [-0.2, 0) is 0 Å². The van der Waals surface area contributed by atoms with E-state index in [9.17, 15) is 4.79 Å². The molecule has 6 heteroatoms. The predicted molar refractivity (Wildman–Crippen MR) is 124 cm³/mol. The summed E-state index contributed by atoms with van der Waals surface area (Å²) in [6.45, 7) is 5.30. The number of rotatable bonds is 5. The lowest BCUT2D eigenvalue weighted by molar-refractivity contribution is 0.0771. The van der Waals surface area contributed by atoms with Crippen molar-refractivity contribution in [1.82, 2.24) is 9.88 Å². The van der Waals surface area contributed by atoms with E-state index >= 15 is 0 Å². The molecule has 0 radical (unpaired) electrons. The Morgan fingerprint density at radius 1 is 1.03 bits per heavy atom. The molecule has 31 heavy (non-hydrogen) atoms. The Labute approximate surface area is 192 Å². The van der Waals surface area contributed by atoms with Crippen molar-refractivity contribution in [1.29, 1.82) is 0 Å². The predicted octanol–water partition coefficient (Wildman–Crippen LogP) is 6.02. The van der Waals surface area contributed by atoms with Gasteiger partial charge in [-0.3, -0.25) is 9.78 Å². The van der Waals surface area contributed by atoms with E-state index < -0.39 is 0 Å². The van der Waals surface area contributed by atoms with Gasteiger partial charge in [0.15, 0.2) is 0 Å². The smallest absolute Gasteiger partial charge is 0.253 e. The van der Waals surface area contributed by atoms with Crippen molar-refractivity contribution in [2.24, 2.45) is 5.92 Å². The van der Waals surface area contributed by atoms with E-state index in [4.69, 9.17) is 27.9 Å². The molecule has 3 aromatic rings. The molecule has 4 rings (SSSR count). The highest BCUT2D eigenvalue weighted by molar-refractivity contribution is 6.42. The van der Waals surface area contributed by atoms with Crippen LogP contribution in [0.1, 0.15) is 34.3 Å². The van der Waals surface area contributed by atoms with E-state index in [1.165, 1.54) is 5.56 Å². The third-order valence-corrected chi connectivity index (χ3v) is 6.64. The number of hydrogen-bond acceptors (Lipinski definition) is 3. The van der Waals surface area contributed by atoms with Crippen LogP contribution < -0.4 is 4.74 Å². The second-order valence-corrected chi connectivity index (χ2v) is 8.84. The van der Waals surface area contributed by atoms with E-state index in [1.54, 1.807) is 24.5 Å². The molecule has 1 aliphatic heterocycles. The van der Waals surface area contributed by atoms with Crippen molar-refractivity contribution in [3.63, 3.8) is 0 Å². The number of likely N-dealkylation sites (tertiary alicyclic amines) is 1. The van der Waals surface area contributed by atoms with E-state index in [-0.39, 0.29) is 23.8 Å². The largest absolute Gasteiger partial charge is 0.490 e. The summed E-state index contributed by atoms with van der Waals surface area (Å²) in [5.41, 5.74) is 2.88. The van der Waals surface area contributed by atoms with Crippen LogP contribution in [0.4, 0.5) is 0 Å². The average Bonchev–Trinajstić information content (AvgIpc) is 3.23. The fourth-order valence-electron chi connectivity index (χ4n) is 4.16. The number of carbonyl (C=O) groups excluding carboxylic acids is 1. The highest BCUT2D eigenvalue weighted by Gasteiger charge is 2.40. The number of nitrogens with zero attached hydrogens (tertiary/aromatic N) is 2. The summed E-state index contributed by atoms with van der Waals surface area (Å²) in [6, 6.07) is 17.2. The van der Waals surface area contributed by atoms with Gasteiger partial charge in [-0.25, -0.2) is 0 Å². The van der Waals surface area contributed by atoms with Crippen molar-refractivity contribution >= 4 is 29.1 Å². The molecule has 1 fully saturated rings. The van der Waals surface area contributed by atoms with Gasteiger partial charge in [-0.1, -0.05) is 47.0 Å². The fourth-order valence-corrected chi connectivity index (χ4v) is 4.47. The molecule has 1 saturated heterocycles. The highest BCUT2D eigenvalue weighted by Crippen LogP contribution is 2.38. The lowest BCUT2D eigenvalue weighted by atomic mass is 9.85. The number of aryl methyl sites for hydroxylation is 1. The number of hydrogen-bond donors (Lipinski definition) is 0. The quantitative estimate of drug-likeness (QED) is 0.473.